The molecule has 2 aromatic rings. The predicted octanol–water partition coefficient (Wildman–Crippen LogP) is 4.72. The minimum absolute atomic E-state index is 0.0612. The van der Waals surface area contributed by atoms with E-state index in [1.165, 1.54) is 25.1 Å². The molecule has 0 atom stereocenters. The highest BCUT2D eigenvalue weighted by atomic mass is 16.2. The molecule has 0 unspecified atom stereocenters. The van der Waals surface area contributed by atoms with Crippen molar-refractivity contribution in [2.45, 2.75) is 26.2 Å². The minimum atomic E-state index is -0.0612. The maximum Gasteiger partial charge on any atom is 0.257 e. The second-order valence-corrected chi connectivity index (χ2v) is 7.14. The summed E-state index contributed by atoms with van der Waals surface area (Å²) in [7, 11) is 0. The fraction of sp³-hybridized carbons (Fsp3) is 0.318. The summed E-state index contributed by atoms with van der Waals surface area (Å²) < 4.78 is 0. The molecule has 1 aliphatic heterocycles. The molecule has 1 fully saturated rings. The van der Waals surface area contributed by atoms with Gasteiger partial charge in [0.2, 0.25) is 0 Å². The van der Waals surface area contributed by atoms with Gasteiger partial charge in [0.15, 0.2) is 0 Å². The number of nitrogens with zero attached hydrogens (tertiary/aromatic N) is 1. The molecule has 2 N–H and O–H groups in total. The normalized spacial score (nSPS) is 17.1. The first-order valence-corrected chi connectivity index (χ1v) is 9.47. The largest absolute Gasteiger partial charge is 0.371 e. The fourth-order valence-corrected chi connectivity index (χ4v) is 3.41. The number of benzene rings is 2. The Balaban J connectivity index is 1.46. The molecule has 4 heteroatoms. The molecule has 1 saturated carbocycles. The van der Waals surface area contributed by atoms with Crippen LogP contribution in [0.5, 0.6) is 0 Å². The quantitative estimate of drug-likeness (QED) is 0.713. The van der Waals surface area contributed by atoms with Crippen molar-refractivity contribution < 1.29 is 4.79 Å². The lowest BCUT2D eigenvalue weighted by atomic mass is 10.1. The molecule has 4 nitrogen and oxygen atoms in total. The molecule has 26 heavy (non-hydrogen) atoms. The van der Waals surface area contributed by atoms with Crippen molar-refractivity contribution >= 4 is 28.5 Å². The molecule has 0 aromatic heterocycles. The zero-order chi connectivity index (χ0) is 17.9. The van der Waals surface area contributed by atoms with Crippen LogP contribution in [0.3, 0.4) is 0 Å². The molecule has 1 aliphatic carbocycles. The Hall–Kier alpha value is -2.75. The van der Waals surface area contributed by atoms with Crippen molar-refractivity contribution in [2.75, 3.05) is 28.6 Å². The van der Waals surface area contributed by atoms with Crippen LogP contribution < -0.4 is 15.5 Å². The number of hydrogen-bond donors (Lipinski definition) is 2. The number of fused-ring (bicyclic) bond motifs is 1. The number of carbonyl (C=O) groups excluding carboxylic acids is 1. The molecular weight excluding hydrogens is 322 g/mol. The highest BCUT2D eigenvalue weighted by Gasteiger charge is 2.24. The van der Waals surface area contributed by atoms with E-state index in [1.807, 2.05) is 24.3 Å². The summed E-state index contributed by atoms with van der Waals surface area (Å²) in [4.78, 5) is 14.6. The average molecular weight is 347 g/mol. The van der Waals surface area contributed by atoms with Crippen molar-refractivity contribution in [2.24, 2.45) is 5.92 Å². The first kappa shape index (κ1) is 16.7. The zero-order valence-electron chi connectivity index (χ0n) is 15.2. The summed E-state index contributed by atoms with van der Waals surface area (Å²) in [6.45, 7) is 4.50. The maximum absolute atomic E-state index is 12.2. The van der Waals surface area contributed by atoms with Gasteiger partial charge in [0.25, 0.3) is 5.91 Å². The zero-order valence-corrected chi connectivity index (χ0v) is 15.2. The summed E-state index contributed by atoms with van der Waals surface area (Å²) in [5.74, 6) is 0.818. The Morgan fingerprint density at radius 1 is 1.15 bits per heavy atom. The van der Waals surface area contributed by atoms with E-state index in [-0.39, 0.29) is 5.91 Å². The van der Waals surface area contributed by atoms with Crippen LogP contribution in [-0.4, -0.2) is 19.0 Å². The average Bonchev–Trinajstić information content (AvgIpc) is 3.41. The summed E-state index contributed by atoms with van der Waals surface area (Å²) >= 11 is 0. The van der Waals surface area contributed by atoms with Gasteiger partial charge in [-0.3, -0.25) is 4.79 Å². The van der Waals surface area contributed by atoms with E-state index >= 15 is 0 Å². The van der Waals surface area contributed by atoms with Gasteiger partial charge in [0.1, 0.15) is 0 Å². The van der Waals surface area contributed by atoms with Crippen LogP contribution in [0, 0.1) is 5.92 Å². The van der Waals surface area contributed by atoms with Gasteiger partial charge in [-0.15, -0.1) is 0 Å². The van der Waals surface area contributed by atoms with E-state index in [0.717, 1.165) is 35.8 Å². The third-order valence-corrected chi connectivity index (χ3v) is 4.99. The molecule has 0 radical (unpaired) electrons. The second kappa shape index (κ2) is 7.24. The number of amides is 1. The standard InChI is InChI=1S/C22H25N3O/c1-2-13-25(15-16-7-8-16)18-11-9-17(10-12-18)23-14-20-19-5-3-4-6-21(19)24-22(20)26/h3-6,9-12,14,16,23H,2,7-8,13,15H2,1H3,(H,24,26)/b20-14+. The number of rotatable bonds is 7. The molecule has 1 heterocycles. The molecular formula is C22H25N3O. The lowest BCUT2D eigenvalue weighted by molar-refractivity contribution is -0.110. The van der Waals surface area contributed by atoms with Gasteiger partial charge in [-0.25, -0.2) is 0 Å². The monoisotopic (exact) mass is 347 g/mol. The van der Waals surface area contributed by atoms with Gasteiger partial charge >= 0.3 is 0 Å². The number of para-hydroxylation sites is 1. The first-order chi connectivity index (χ1) is 12.7. The van der Waals surface area contributed by atoms with Gasteiger partial charge < -0.3 is 15.5 Å². The lowest BCUT2D eigenvalue weighted by Gasteiger charge is -2.24. The molecule has 2 aromatic carbocycles. The van der Waals surface area contributed by atoms with Crippen molar-refractivity contribution in [3.63, 3.8) is 0 Å². The van der Waals surface area contributed by atoms with Gasteiger partial charge in [-0.2, -0.15) is 0 Å². The van der Waals surface area contributed by atoms with Crippen LogP contribution in [0.2, 0.25) is 0 Å². The van der Waals surface area contributed by atoms with Crippen molar-refractivity contribution in [3.05, 3.63) is 60.3 Å². The van der Waals surface area contributed by atoms with E-state index in [2.05, 4.69) is 46.7 Å². The number of anilines is 3. The van der Waals surface area contributed by atoms with E-state index in [4.69, 9.17) is 0 Å². The molecule has 134 valence electrons. The molecule has 2 aliphatic rings. The van der Waals surface area contributed by atoms with Gasteiger partial charge in [-0.05, 0) is 55.5 Å². The fourth-order valence-electron chi connectivity index (χ4n) is 3.41. The van der Waals surface area contributed by atoms with Gasteiger partial charge in [0.05, 0.1) is 5.57 Å². The van der Waals surface area contributed by atoms with Crippen molar-refractivity contribution in [1.29, 1.82) is 0 Å². The van der Waals surface area contributed by atoms with E-state index in [9.17, 15) is 4.79 Å². The van der Waals surface area contributed by atoms with Crippen LogP contribution in [0.15, 0.2) is 54.7 Å². The van der Waals surface area contributed by atoms with Crippen LogP contribution >= 0.6 is 0 Å². The molecule has 4 rings (SSSR count). The maximum atomic E-state index is 12.2. The minimum Gasteiger partial charge on any atom is -0.371 e. The molecule has 1 amide bonds. The number of carbonyl (C=O) groups is 1. The Kier molecular flexibility index (Phi) is 4.65. The van der Waals surface area contributed by atoms with E-state index < -0.39 is 0 Å². The van der Waals surface area contributed by atoms with Crippen LogP contribution in [0.1, 0.15) is 31.7 Å². The lowest BCUT2D eigenvalue weighted by Crippen LogP contribution is -2.26. The summed E-state index contributed by atoms with van der Waals surface area (Å²) in [5.41, 5.74) is 4.75. The summed E-state index contributed by atoms with van der Waals surface area (Å²) in [5, 5.41) is 6.16. The van der Waals surface area contributed by atoms with Crippen LogP contribution in [0.4, 0.5) is 17.1 Å². The highest BCUT2D eigenvalue weighted by Crippen LogP contribution is 2.33. The second-order valence-electron chi connectivity index (χ2n) is 7.14. The first-order valence-electron chi connectivity index (χ1n) is 9.47. The van der Waals surface area contributed by atoms with E-state index in [0.29, 0.717) is 5.57 Å². The van der Waals surface area contributed by atoms with Crippen molar-refractivity contribution in [3.8, 4) is 0 Å². The van der Waals surface area contributed by atoms with Gasteiger partial charge in [-0.1, -0.05) is 25.1 Å². The summed E-state index contributed by atoms with van der Waals surface area (Å²) in [6.07, 6.45) is 5.70. The van der Waals surface area contributed by atoms with Crippen LogP contribution in [0.25, 0.3) is 5.57 Å². The van der Waals surface area contributed by atoms with Crippen molar-refractivity contribution in [1.82, 2.24) is 0 Å². The Morgan fingerprint density at radius 3 is 2.65 bits per heavy atom. The van der Waals surface area contributed by atoms with Gasteiger partial charge in [0, 0.05) is 41.9 Å². The number of nitrogens with one attached hydrogen (secondary N) is 2. The molecule has 0 saturated heterocycles. The third-order valence-electron chi connectivity index (χ3n) is 4.99. The third kappa shape index (κ3) is 3.59. The Labute approximate surface area is 154 Å². The highest BCUT2D eigenvalue weighted by molar-refractivity contribution is 6.31. The SMILES string of the molecule is CCCN(CC1CC1)c1ccc(N/C=C2/C(=O)Nc3ccccc32)cc1. The summed E-state index contributed by atoms with van der Waals surface area (Å²) in [6, 6.07) is 16.3. The smallest absolute Gasteiger partial charge is 0.257 e. The van der Waals surface area contributed by atoms with Crippen LogP contribution in [-0.2, 0) is 4.79 Å². The molecule has 0 spiro atoms. The molecule has 0 bridgehead atoms. The Morgan fingerprint density at radius 2 is 1.92 bits per heavy atom. The topological polar surface area (TPSA) is 44.4 Å². The predicted molar refractivity (Wildman–Crippen MR) is 108 cm³/mol. The van der Waals surface area contributed by atoms with E-state index in [1.54, 1.807) is 6.20 Å². The number of hydrogen-bond acceptors (Lipinski definition) is 3. The Bertz CT molecular complexity index is 822.